The van der Waals surface area contributed by atoms with E-state index in [0.717, 1.165) is 5.56 Å². The van der Waals surface area contributed by atoms with Crippen LogP contribution in [0.3, 0.4) is 0 Å². The Kier molecular flexibility index (Phi) is 5.31. The van der Waals surface area contributed by atoms with E-state index in [1.807, 2.05) is 37.6 Å². The van der Waals surface area contributed by atoms with Gasteiger partial charge in [-0.3, -0.25) is 4.79 Å². The third-order valence-electron chi connectivity index (χ3n) is 2.44. The van der Waals surface area contributed by atoms with Crippen LogP contribution in [-0.2, 0) is 4.79 Å². The standard InChI is InChI=1S/C13H22N2O2S/c1-9(12(17)15-13(2,3)4)14-7-11(16)10-5-6-18-8-10/h5-6,8-9,11,14,16H,7H2,1-4H3,(H,15,17). The summed E-state index contributed by atoms with van der Waals surface area (Å²) in [5.74, 6) is -0.0555. The van der Waals surface area contributed by atoms with Crippen molar-refractivity contribution in [3.8, 4) is 0 Å². The maximum atomic E-state index is 11.8. The summed E-state index contributed by atoms with van der Waals surface area (Å²) in [4.78, 5) is 11.8. The number of amides is 1. The van der Waals surface area contributed by atoms with Crippen molar-refractivity contribution >= 4 is 17.2 Å². The van der Waals surface area contributed by atoms with Crippen LogP contribution in [0.4, 0.5) is 0 Å². The van der Waals surface area contributed by atoms with Crippen LogP contribution in [0.25, 0.3) is 0 Å². The summed E-state index contributed by atoms with van der Waals surface area (Å²) in [5, 5.41) is 19.7. The van der Waals surface area contributed by atoms with Gasteiger partial charge in [-0.25, -0.2) is 0 Å². The second-order valence-corrected chi connectivity index (χ2v) is 6.22. The third-order valence-corrected chi connectivity index (χ3v) is 3.14. The monoisotopic (exact) mass is 270 g/mol. The summed E-state index contributed by atoms with van der Waals surface area (Å²) in [6.07, 6.45) is -0.568. The number of nitrogens with one attached hydrogen (secondary N) is 2. The Morgan fingerprint density at radius 2 is 2.17 bits per heavy atom. The van der Waals surface area contributed by atoms with Crippen LogP contribution < -0.4 is 10.6 Å². The van der Waals surface area contributed by atoms with Crippen LogP contribution in [-0.4, -0.2) is 29.1 Å². The Hall–Kier alpha value is -0.910. The predicted octanol–water partition coefficient (Wildman–Crippen LogP) is 1.67. The van der Waals surface area contributed by atoms with Gasteiger partial charge in [0, 0.05) is 12.1 Å². The van der Waals surface area contributed by atoms with Gasteiger partial charge < -0.3 is 15.7 Å². The van der Waals surface area contributed by atoms with Crippen molar-refractivity contribution in [3.63, 3.8) is 0 Å². The van der Waals surface area contributed by atoms with Gasteiger partial charge in [-0.05, 0) is 50.1 Å². The number of rotatable bonds is 5. The van der Waals surface area contributed by atoms with Crippen LogP contribution in [0.1, 0.15) is 39.4 Å². The fraction of sp³-hybridized carbons (Fsp3) is 0.615. The number of hydrogen-bond acceptors (Lipinski definition) is 4. The summed E-state index contributed by atoms with van der Waals surface area (Å²) in [6, 6.07) is 1.56. The van der Waals surface area contributed by atoms with E-state index in [4.69, 9.17) is 0 Å². The molecule has 0 aliphatic rings. The molecule has 0 aromatic carbocycles. The highest BCUT2D eigenvalue weighted by Gasteiger charge is 2.19. The van der Waals surface area contributed by atoms with Gasteiger partial charge in [0.2, 0.25) is 5.91 Å². The molecule has 0 bridgehead atoms. The normalized spacial score (nSPS) is 15.2. The molecule has 0 saturated carbocycles. The second kappa shape index (κ2) is 6.31. The molecule has 1 amide bonds. The van der Waals surface area contributed by atoms with Gasteiger partial charge in [0.15, 0.2) is 0 Å². The smallest absolute Gasteiger partial charge is 0.237 e. The van der Waals surface area contributed by atoms with Crippen molar-refractivity contribution < 1.29 is 9.90 Å². The predicted molar refractivity (Wildman–Crippen MR) is 74.6 cm³/mol. The molecule has 102 valence electrons. The molecule has 2 unspecified atom stereocenters. The molecule has 1 rings (SSSR count). The average molecular weight is 270 g/mol. The summed E-state index contributed by atoms with van der Waals surface area (Å²) in [5.41, 5.74) is 0.648. The largest absolute Gasteiger partial charge is 0.387 e. The molecule has 3 N–H and O–H groups in total. The molecule has 1 aromatic rings. The average Bonchev–Trinajstić information content (AvgIpc) is 2.76. The van der Waals surface area contributed by atoms with Gasteiger partial charge in [0.25, 0.3) is 0 Å². The Morgan fingerprint density at radius 1 is 1.50 bits per heavy atom. The molecule has 1 heterocycles. The molecule has 0 radical (unpaired) electrons. The number of aliphatic hydroxyl groups is 1. The Labute approximate surface area is 112 Å². The minimum Gasteiger partial charge on any atom is -0.387 e. The summed E-state index contributed by atoms with van der Waals surface area (Å²) in [6.45, 7) is 7.99. The number of thiophene rings is 1. The molecule has 0 spiro atoms. The SMILES string of the molecule is CC(NCC(O)c1ccsc1)C(=O)NC(C)(C)C. The fourth-order valence-electron chi connectivity index (χ4n) is 1.44. The van der Waals surface area contributed by atoms with Crippen LogP contribution in [0.15, 0.2) is 16.8 Å². The quantitative estimate of drug-likeness (QED) is 0.763. The molecular formula is C13H22N2O2S. The van der Waals surface area contributed by atoms with Crippen molar-refractivity contribution in [3.05, 3.63) is 22.4 Å². The summed E-state index contributed by atoms with van der Waals surface area (Å²) >= 11 is 1.55. The van der Waals surface area contributed by atoms with Gasteiger partial charge in [-0.15, -0.1) is 0 Å². The lowest BCUT2D eigenvalue weighted by Crippen LogP contribution is -2.50. The first-order valence-electron chi connectivity index (χ1n) is 6.05. The van der Waals surface area contributed by atoms with E-state index in [9.17, 15) is 9.90 Å². The molecule has 4 nitrogen and oxygen atoms in total. The maximum absolute atomic E-state index is 11.8. The van der Waals surface area contributed by atoms with E-state index in [2.05, 4.69) is 10.6 Å². The van der Waals surface area contributed by atoms with Gasteiger partial charge in [0.05, 0.1) is 12.1 Å². The first-order valence-corrected chi connectivity index (χ1v) is 6.99. The van der Waals surface area contributed by atoms with Crippen LogP contribution in [0.5, 0.6) is 0 Å². The first-order chi connectivity index (χ1) is 8.29. The zero-order valence-corrected chi connectivity index (χ0v) is 12.2. The van der Waals surface area contributed by atoms with E-state index in [1.54, 1.807) is 18.3 Å². The van der Waals surface area contributed by atoms with Gasteiger partial charge in [-0.2, -0.15) is 11.3 Å². The van der Waals surface area contributed by atoms with Gasteiger partial charge >= 0.3 is 0 Å². The van der Waals surface area contributed by atoms with Crippen LogP contribution >= 0.6 is 11.3 Å². The van der Waals surface area contributed by atoms with Crippen molar-refractivity contribution in [2.24, 2.45) is 0 Å². The summed E-state index contributed by atoms with van der Waals surface area (Å²) < 4.78 is 0. The van der Waals surface area contributed by atoms with Crippen molar-refractivity contribution in [2.45, 2.75) is 45.4 Å². The molecular weight excluding hydrogens is 248 g/mol. The molecule has 2 atom stereocenters. The van der Waals surface area contributed by atoms with E-state index < -0.39 is 6.10 Å². The number of aliphatic hydroxyl groups excluding tert-OH is 1. The maximum Gasteiger partial charge on any atom is 0.237 e. The Balaban J connectivity index is 2.37. The second-order valence-electron chi connectivity index (χ2n) is 5.44. The highest BCUT2D eigenvalue weighted by atomic mass is 32.1. The molecule has 0 saturated heterocycles. The lowest BCUT2D eigenvalue weighted by atomic mass is 10.1. The van der Waals surface area contributed by atoms with E-state index in [1.165, 1.54) is 0 Å². The van der Waals surface area contributed by atoms with E-state index in [0.29, 0.717) is 6.54 Å². The van der Waals surface area contributed by atoms with Crippen LogP contribution in [0.2, 0.25) is 0 Å². The molecule has 0 aliphatic heterocycles. The van der Waals surface area contributed by atoms with Gasteiger partial charge in [0.1, 0.15) is 0 Å². The molecule has 1 aromatic heterocycles. The van der Waals surface area contributed by atoms with Gasteiger partial charge in [-0.1, -0.05) is 0 Å². The van der Waals surface area contributed by atoms with Crippen molar-refractivity contribution in [1.29, 1.82) is 0 Å². The minimum absolute atomic E-state index is 0.0555. The zero-order valence-electron chi connectivity index (χ0n) is 11.4. The number of carbonyl (C=O) groups is 1. The molecule has 0 fully saturated rings. The fourth-order valence-corrected chi connectivity index (χ4v) is 2.15. The molecule has 18 heavy (non-hydrogen) atoms. The summed E-state index contributed by atoms with van der Waals surface area (Å²) in [7, 11) is 0. The van der Waals surface area contributed by atoms with Crippen molar-refractivity contribution in [2.75, 3.05) is 6.54 Å². The highest BCUT2D eigenvalue weighted by Crippen LogP contribution is 2.15. The molecule has 5 heteroatoms. The Morgan fingerprint density at radius 3 is 2.67 bits per heavy atom. The van der Waals surface area contributed by atoms with E-state index in [-0.39, 0.29) is 17.5 Å². The number of hydrogen-bond donors (Lipinski definition) is 3. The topological polar surface area (TPSA) is 61.4 Å². The van der Waals surface area contributed by atoms with Crippen LogP contribution in [0, 0.1) is 0 Å². The lowest BCUT2D eigenvalue weighted by molar-refractivity contribution is -0.124. The first kappa shape index (κ1) is 15.1. The zero-order chi connectivity index (χ0) is 13.8. The number of carbonyl (C=O) groups excluding carboxylic acids is 1. The molecule has 0 aliphatic carbocycles. The van der Waals surface area contributed by atoms with Crippen molar-refractivity contribution in [1.82, 2.24) is 10.6 Å². The third kappa shape index (κ3) is 5.16. The van der Waals surface area contributed by atoms with E-state index >= 15 is 0 Å². The highest BCUT2D eigenvalue weighted by molar-refractivity contribution is 7.07. The lowest BCUT2D eigenvalue weighted by Gasteiger charge is -2.24. The Bertz CT molecular complexity index is 371. The minimum atomic E-state index is -0.568.